The number of ether oxygens (including phenoxy) is 1. The van der Waals surface area contributed by atoms with Crippen LogP contribution in [0, 0.1) is 35.5 Å². The number of hydrogen-bond donors (Lipinski definition) is 1. The van der Waals surface area contributed by atoms with E-state index < -0.39 is 42.1 Å². The highest BCUT2D eigenvalue weighted by Gasteiger charge is 2.71. The number of halogens is 9. The highest BCUT2D eigenvalue weighted by atomic mass is 19.4. The van der Waals surface area contributed by atoms with Crippen molar-refractivity contribution < 1.29 is 49.4 Å². The fourth-order valence-electron chi connectivity index (χ4n) is 6.76. The number of hydrogen-bond acceptors (Lipinski definition) is 2. The van der Waals surface area contributed by atoms with Crippen molar-refractivity contribution in [3.63, 3.8) is 0 Å². The molecule has 4 bridgehead atoms. The summed E-state index contributed by atoms with van der Waals surface area (Å²) in [5.74, 6) is 0.354. The summed E-state index contributed by atoms with van der Waals surface area (Å²) < 4.78 is 119. The van der Waals surface area contributed by atoms with E-state index in [0.717, 1.165) is 19.3 Å². The van der Waals surface area contributed by atoms with Crippen LogP contribution in [-0.4, -0.2) is 40.9 Å². The van der Waals surface area contributed by atoms with Gasteiger partial charge in [-0.05, 0) is 87.4 Å². The molecule has 190 valence electrons. The molecule has 2 nitrogen and oxygen atoms in total. The van der Waals surface area contributed by atoms with Gasteiger partial charge in [-0.25, -0.2) is 0 Å². The summed E-state index contributed by atoms with van der Waals surface area (Å²) in [5.41, 5.74) is -6.48. The van der Waals surface area contributed by atoms with Crippen LogP contribution in [-0.2, 0) is 4.74 Å². The molecule has 8 atom stereocenters. The summed E-state index contributed by atoms with van der Waals surface area (Å²) in [6, 6.07) is 0. The van der Waals surface area contributed by atoms with E-state index in [-0.39, 0.29) is 36.7 Å². The molecule has 4 aliphatic carbocycles. The molecule has 1 heterocycles. The first-order valence-corrected chi connectivity index (χ1v) is 11.2. The van der Waals surface area contributed by atoms with Gasteiger partial charge in [0.1, 0.15) is 0 Å². The Morgan fingerprint density at radius 1 is 0.879 bits per heavy atom. The van der Waals surface area contributed by atoms with Crippen molar-refractivity contribution in [1.29, 1.82) is 0 Å². The molecule has 11 heteroatoms. The van der Waals surface area contributed by atoms with Crippen molar-refractivity contribution in [3.8, 4) is 0 Å². The monoisotopic (exact) mass is 494 g/mol. The molecule has 1 saturated heterocycles. The van der Waals surface area contributed by atoms with E-state index in [1.807, 2.05) is 6.08 Å². The van der Waals surface area contributed by atoms with Gasteiger partial charge in [0.2, 0.25) is 0 Å². The maximum atomic E-state index is 12.8. The van der Waals surface area contributed by atoms with Crippen LogP contribution in [0.3, 0.4) is 0 Å². The second kappa shape index (κ2) is 7.77. The number of alkyl halides is 9. The van der Waals surface area contributed by atoms with Gasteiger partial charge in [0.25, 0.3) is 5.60 Å². The summed E-state index contributed by atoms with van der Waals surface area (Å²) in [6.07, 6.45) is -9.54. The van der Waals surface area contributed by atoms with Gasteiger partial charge >= 0.3 is 18.5 Å². The predicted octanol–water partition coefficient (Wildman–Crippen LogP) is 6.59. The maximum Gasteiger partial charge on any atom is 0.426 e. The highest BCUT2D eigenvalue weighted by molar-refractivity contribution is 5.12. The minimum atomic E-state index is -5.70. The molecule has 8 unspecified atom stereocenters. The Labute approximate surface area is 185 Å². The third-order valence-corrected chi connectivity index (χ3v) is 8.46. The molecule has 1 N–H and O–H groups in total. The number of rotatable bonds is 2. The zero-order chi connectivity index (χ0) is 24.6. The molecule has 0 radical (unpaired) electrons. The van der Waals surface area contributed by atoms with Gasteiger partial charge in [0.05, 0.1) is 6.10 Å². The second-order valence-electron chi connectivity index (χ2n) is 10.7. The fraction of sp³-hybridized carbons (Fsp3) is 0.909. The van der Waals surface area contributed by atoms with E-state index in [9.17, 15) is 39.5 Å². The smallest absolute Gasteiger partial charge is 0.374 e. The summed E-state index contributed by atoms with van der Waals surface area (Å²) in [4.78, 5) is 0. The SMILES string of the molecule is CC1(C(F)(F)F)CC2CC3CC(O1)C2C3.OC(CC1CC2C=CC1C2)(C(F)(F)F)C(F)(F)F. The Kier molecular flexibility index (Phi) is 5.91. The van der Waals surface area contributed by atoms with Crippen molar-refractivity contribution in [1.82, 2.24) is 0 Å². The highest BCUT2D eigenvalue weighted by Crippen LogP contribution is 2.59. The molecule has 5 rings (SSSR count). The first-order valence-electron chi connectivity index (χ1n) is 11.2. The quantitative estimate of drug-likeness (QED) is 0.347. The molecule has 0 aromatic rings. The van der Waals surface area contributed by atoms with Crippen molar-refractivity contribution in [2.45, 2.75) is 87.7 Å². The van der Waals surface area contributed by atoms with Crippen LogP contribution >= 0.6 is 0 Å². The molecule has 3 saturated carbocycles. The largest absolute Gasteiger partial charge is 0.426 e. The van der Waals surface area contributed by atoms with Crippen LogP contribution in [0.4, 0.5) is 39.5 Å². The van der Waals surface area contributed by atoms with Crippen LogP contribution in [0.15, 0.2) is 12.2 Å². The lowest BCUT2D eigenvalue weighted by Gasteiger charge is -2.46. The molecular weight excluding hydrogens is 467 g/mol. The predicted molar refractivity (Wildman–Crippen MR) is 98.8 cm³/mol. The van der Waals surface area contributed by atoms with Gasteiger partial charge in [-0.2, -0.15) is 39.5 Å². The zero-order valence-corrected chi connectivity index (χ0v) is 17.9. The molecule has 5 aliphatic rings. The molecular formula is C22H27F9O2. The van der Waals surface area contributed by atoms with E-state index in [1.165, 1.54) is 6.92 Å². The standard InChI is InChI=1S/C11H12F6O.C11H15F3O/c12-10(13,14)9(18,11(15,16)17)5-8-4-6-1-2-7(8)3-6;1-10(11(12,13)14)5-7-2-6-3-8(7)9(4-6)15-10/h1-2,6-8,18H,3-5H2;6-9H,2-5H2,1H3. The third kappa shape index (κ3) is 4.29. The zero-order valence-electron chi connectivity index (χ0n) is 17.9. The summed E-state index contributed by atoms with van der Waals surface area (Å²) in [5, 5.41) is 9.10. The molecule has 0 aromatic carbocycles. The van der Waals surface area contributed by atoms with E-state index in [0.29, 0.717) is 18.3 Å². The van der Waals surface area contributed by atoms with Crippen molar-refractivity contribution in [2.75, 3.05) is 0 Å². The Balaban J connectivity index is 0.000000159. The van der Waals surface area contributed by atoms with Gasteiger partial charge in [-0.15, -0.1) is 0 Å². The second-order valence-corrected chi connectivity index (χ2v) is 10.7. The number of allylic oxidation sites excluding steroid dienone is 2. The molecule has 0 spiro atoms. The minimum Gasteiger partial charge on any atom is -0.374 e. The van der Waals surface area contributed by atoms with Gasteiger partial charge < -0.3 is 9.84 Å². The first kappa shape index (κ1) is 25.1. The van der Waals surface area contributed by atoms with Gasteiger partial charge in [-0.1, -0.05) is 12.2 Å². The van der Waals surface area contributed by atoms with Crippen LogP contribution in [0.5, 0.6) is 0 Å². The van der Waals surface area contributed by atoms with Crippen molar-refractivity contribution >= 4 is 0 Å². The van der Waals surface area contributed by atoms with Gasteiger partial charge in [0, 0.05) is 0 Å². The van der Waals surface area contributed by atoms with Crippen LogP contribution < -0.4 is 0 Å². The van der Waals surface area contributed by atoms with Crippen LogP contribution in [0.1, 0.15) is 51.9 Å². The fourth-order valence-corrected chi connectivity index (χ4v) is 6.76. The lowest BCUT2D eigenvalue weighted by Crippen LogP contribution is -2.58. The normalized spacial score (nSPS) is 42.0. The van der Waals surface area contributed by atoms with Crippen LogP contribution in [0.25, 0.3) is 0 Å². The number of fused-ring (bicyclic) bond motifs is 3. The number of aliphatic hydroxyl groups is 1. The molecule has 4 fully saturated rings. The summed E-state index contributed by atoms with van der Waals surface area (Å²) >= 11 is 0. The van der Waals surface area contributed by atoms with E-state index >= 15 is 0 Å². The average Bonchev–Trinajstić information content (AvgIpc) is 3.39. The van der Waals surface area contributed by atoms with E-state index in [4.69, 9.17) is 9.84 Å². The molecule has 0 amide bonds. The van der Waals surface area contributed by atoms with Gasteiger partial charge in [-0.3, -0.25) is 0 Å². The Hall–Kier alpha value is -0.970. The molecule has 1 aliphatic heterocycles. The van der Waals surface area contributed by atoms with Crippen molar-refractivity contribution in [2.24, 2.45) is 35.5 Å². The lowest BCUT2D eigenvalue weighted by atomic mass is 9.76. The molecule has 33 heavy (non-hydrogen) atoms. The van der Waals surface area contributed by atoms with Crippen LogP contribution in [0.2, 0.25) is 0 Å². The average molecular weight is 494 g/mol. The van der Waals surface area contributed by atoms with Gasteiger partial charge in [0.15, 0.2) is 5.60 Å². The molecule has 0 aromatic heterocycles. The van der Waals surface area contributed by atoms with Crippen molar-refractivity contribution in [3.05, 3.63) is 12.2 Å². The summed E-state index contributed by atoms with van der Waals surface area (Å²) in [6.45, 7) is 1.22. The first-order chi connectivity index (χ1) is 14.9. The van der Waals surface area contributed by atoms with E-state index in [1.54, 1.807) is 6.08 Å². The lowest BCUT2D eigenvalue weighted by molar-refractivity contribution is -0.373. The summed E-state index contributed by atoms with van der Waals surface area (Å²) in [7, 11) is 0. The third-order valence-electron chi connectivity index (χ3n) is 8.46. The Morgan fingerprint density at radius 3 is 1.94 bits per heavy atom. The topological polar surface area (TPSA) is 29.5 Å². The maximum absolute atomic E-state index is 12.8. The Bertz CT molecular complexity index is 739. The van der Waals surface area contributed by atoms with E-state index in [2.05, 4.69) is 0 Å². The minimum absolute atomic E-state index is 0.0608. The Morgan fingerprint density at radius 2 is 1.52 bits per heavy atom.